The number of hydrogen-bond acceptors (Lipinski definition) is 3. The largest absolute Gasteiger partial charge is 0.383 e. The molecule has 0 radical (unpaired) electrons. The van der Waals surface area contributed by atoms with Crippen molar-refractivity contribution in [2.75, 3.05) is 13.1 Å². The van der Waals surface area contributed by atoms with Gasteiger partial charge in [0.1, 0.15) is 5.60 Å². The van der Waals surface area contributed by atoms with Gasteiger partial charge < -0.3 is 9.67 Å². The van der Waals surface area contributed by atoms with Crippen molar-refractivity contribution in [3.63, 3.8) is 0 Å². The van der Waals surface area contributed by atoms with Gasteiger partial charge in [-0.2, -0.15) is 0 Å². The number of aromatic nitrogens is 2. The van der Waals surface area contributed by atoms with E-state index in [-0.39, 0.29) is 11.8 Å². The molecule has 2 bridgehead atoms. The summed E-state index contributed by atoms with van der Waals surface area (Å²) >= 11 is 0. The zero-order chi connectivity index (χ0) is 20.0. The molecule has 152 valence electrons. The van der Waals surface area contributed by atoms with Gasteiger partial charge in [-0.1, -0.05) is 30.7 Å². The van der Waals surface area contributed by atoms with Crippen LogP contribution in [0.1, 0.15) is 50.4 Å². The fourth-order valence-electron chi connectivity index (χ4n) is 5.76. The Bertz CT molecular complexity index is 980. The second-order valence-corrected chi connectivity index (χ2v) is 9.23. The molecule has 1 N–H and O–H groups in total. The number of pyridine rings is 1. The summed E-state index contributed by atoms with van der Waals surface area (Å²) in [7, 11) is 0. The van der Waals surface area contributed by atoms with Crippen molar-refractivity contribution in [2.24, 2.45) is 11.8 Å². The second-order valence-electron chi connectivity index (χ2n) is 9.23. The highest BCUT2D eigenvalue weighted by Gasteiger charge is 2.52. The lowest BCUT2D eigenvalue weighted by atomic mass is 9.64. The van der Waals surface area contributed by atoms with E-state index in [9.17, 15) is 5.11 Å². The van der Waals surface area contributed by atoms with Gasteiger partial charge in [-0.05, 0) is 50.5 Å². The zero-order valence-electron chi connectivity index (χ0n) is 17.5. The fraction of sp³-hybridized carbons (Fsp3) is 0.480. The van der Waals surface area contributed by atoms with Gasteiger partial charge in [0.2, 0.25) is 0 Å². The van der Waals surface area contributed by atoms with Crippen LogP contribution in [0, 0.1) is 11.8 Å². The van der Waals surface area contributed by atoms with Crippen LogP contribution in [0.25, 0.3) is 10.9 Å². The molecule has 0 unspecified atom stereocenters. The van der Waals surface area contributed by atoms with Gasteiger partial charge in [0, 0.05) is 60.8 Å². The maximum Gasteiger partial charge on any atom is 0.114 e. The number of hydrogen-bond donors (Lipinski definition) is 1. The molecule has 1 aliphatic heterocycles. The van der Waals surface area contributed by atoms with Crippen molar-refractivity contribution in [1.29, 1.82) is 0 Å². The van der Waals surface area contributed by atoms with Gasteiger partial charge in [0.05, 0.1) is 5.69 Å². The Morgan fingerprint density at radius 1 is 1.07 bits per heavy atom. The Labute approximate surface area is 173 Å². The van der Waals surface area contributed by atoms with Crippen LogP contribution in [0.15, 0.2) is 54.9 Å². The molecule has 4 nitrogen and oxygen atoms in total. The van der Waals surface area contributed by atoms with Crippen LogP contribution in [0.5, 0.6) is 0 Å². The summed E-state index contributed by atoms with van der Waals surface area (Å²) in [5.41, 5.74) is 2.81. The Morgan fingerprint density at radius 3 is 2.48 bits per heavy atom. The molecule has 2 aliphatic rings. The summed E-state index contributed by atoms with van der Waals surface area (Å²) in [6, 6.07) is 15.1. The van der Waals surface area contributed by atoms with Crippen molar-refractivity contribution < 1.29 is 5.11 Å². The van der Waals surface area contributed by atoms with Gasteiger partial charge in [-0.3, -0.25) is 9.88 Å². The maximum atomic E-state index is 11.8. The van der Waals surface area contributed by atoms with Crippen molar-refractivity contribution in [2.45, 2.75) is 51.3 Å². The predicted octanol–water partition coefficient (Wildman–Crippen LogP) is 4.74. The van der Waals surface area contributed by atoms with Crippen LogP contribution >= 0.6 is 0 Å². The molecule has 4 heteroatoms. The molecule has 1 saturated carbocycles. The van der Waals surface area contributed by atoms with Crippen LogP contribution in [-0.2, 0) is 12.1 Å². The Morgan fingerprint density at radius 2 is 1.79 bits per heavy atom. The number of para-hydroxylation sites is 1. The molecule has 3 aromatic rings. The average molecular weight is 390 g/mol. The van der Waals surface area contributed by atoms with Crippen LogP contribution < -0.4 is 0 Å². The smallest absolute Gasteiger partial charge is 0.114 e. The van der Waals surface area contributed by atoms with Crippen molar-refractivity contribution >= 4 is 10.9 Å². The van der Waals surface area contributed by atoms with E-state index in [0.29, 0.717) is 6.04 Å². The first-order valence-corrected chi connectivity index (χ1v) is 11.0. The van der Waals surface area contributed by atoms with E-state index < -0.39 is 5.60 Å². The van der Waals surface area contributed by atoms with Crippen LogP contribution in [0.3, 0.4) is 0 Å². The van der Waals surface area contributed by atoms with E-state index in [1.807, 2.05) is 24.4 Å². The molecule has 1 aliphatic carbocycles. The molecule has 2 fully saturated rings. The monoisotopic (exact) mass is 389 g/mol. The predicted molar refractivity (Wildman–Crippen MR) is 117 cm³/mol. The topological polar surface area (TPSA) is 41.3 Å². The molecule has 3 heterocycles. The minimum absolute atomic E-state index is 0.253. The van der Waals surface area contributed by atoms with Crippen LogP contribution in [0.2, 0.25) is 0 Å². The molecule has 5 rings (SSSR count). The average Bonchev–Trinajstić information content (AvgIpc) is 3.08. The summed E-state index contributed by atoms with van der Waals surface area (Å²) in [5.74, 6) is 0.506. The van der Waals surface area contributed by atoms with E-state index in [0.717, 1.165) is 38.2 Å². The van der Waals surface area contributed by atoms with Crippen molar-refractivity contribution in [3.05, 3.63) is 66.1 Å². The van der Waals surface area contributed by atoms with Gasteiger partial charge in [0.25, 0.3) is 0 Å². The standard InChI is InChI=1S/C25H31N3O/c1-18(2)28-15-19(22-10-3-4-11-23(22)28)14-27-16-20-8-7-9-21(17-27)25(20,29)24-12-5-6-13-26-24/h3-6,10-13,15,18,20-21,29H,7-9,14,16-17H2,1-2H3/t20-,21-/m0/s1. The summed E-state index contributed by atoms with van der Waals surface area (Å²) in [4.78, 5) is 7.13. The normalized spacial score (nSPS) is 27.6. The summed E-state index contributed by atoms with van der Waals surface area (Å²) in [6.07, 6.45) is 7.52. The highest BCUT2D eigenvalue weighted by molar-refractivity contribution is 5.84. The fourth-order valence-corrected chi connectivity index (χ4v) is 5.76. The molecule has 1 aromatic carbocycles. The first-order chi connectivity index (χ1) is 14.1. The van der Waals surface area contributed by atoms with Crippen LogP contribution in [0.4, 0.5) is 0 Å². The first kappa shape index (κ1) is 18.8. The Balaban J connectivity index is 1.44. The van der Waals surface area contributed by atoms with Crippen molar-refractivity contribution in [3.8, 4) is 0 Å². The van der Waals surface area contributed by atoms with Crippen molar-refractivity contribution in [1.82, 2.24) is 14.5 Å². The molecule has 0 spiro atoms. The number of rotatable bonds is 4. The van der Waals surface area contributed by atoms with Gasteiger partial charge >= 0.3 is 0 Å². The molecule has 0 amide bonds. The van der Waals surface area contributed by atoms with Gasteiger partial charge in [0.15, 0.2) is 0 Å². The number of nitrogens with zero attached hydrogens (tertiary/aromatic N) is 3. The molecule has 1 saturated heterocycles. The summed E-state index contributed by atoms with van der Waals surface area (Å²) in [5, 5.41) is 13.1. The first-order valence-electron chi connectivity index (χ1n) is 11.0. The Hall–Kier alpha value is -2.17. The van der Waals surface area contributed by atoms with E-state index in [1.54, 1.807) is 0 Å². The molecular weight excluding hydrogens is 358 g/mol. The molecule has 2 aromatic heterocycles. The van der Waals surface area contributed by atoms with E-state index in [1.165, 1.54) is 22.9 Å². The lowest BCUT2D eigenvalue weighted by molar-refractivity contribution is -0.151. The van der Waals surface area contributed by atoms with E-state index in [2.05, 4.69) is 58.8 Å². The number of piperidine rings is 1. The third-order valence-electron chi connectivity index (χ3n) is 7.16. The highest BCUT2D eigenvalue weighted by atomic mass is 16.3. The number of fused-ring (bicyclic) bond motifs is 3. The lowest BCUT2D eigenvalue weighted by Crippen LogP contribution is -2.58. The number of likely N-dealkylation sites (tertiary alicyclic amines) is 1. The second kappa shape index (κ2) is 7.26. The third-order valence-corrected chi connectivity index (χ3v) is 7.16. The lowest BCUT2D eigenvalue weighted by Gasteiger charge is -2.52. The molecule has 29 heavy (non-hydrogen) atoms. The highest BCUT2D eigenvalue weighted by Crippen LogP contribution is 2.48. The minimum atomic E-state index is -0.776. The summed E-state index contributed by atoms with van der Waals surface area (Å²) in [6.45, 7) is 7.31. The molecule has 2 atom stereocenters. The SMILES string of the molecule is CC(C)n1cc(CN2C[C@@H]3CCC[C@@H](C2)C3(O)c2ccccn2)c2ccccc21. The zero-order valence-corrected chi connectivity index (χ0v) is 17.5. The van der Waals surface area contributed by atoms with E-state index in [4.69, 9.17) is 0 Å². The van der Waals surface area contributed by atoms with E-state index >= 15 is 0 Å². The number of aliphatic hydroxyl groups is 1. The minimum Gasteiger partial charge on any atom is -0.383 e. The number of benzene rings is 1. The molecular formula is C25H31N3O. The quantitative estimate of drug-likeness (QED) is 0.701. The third kappa shape index (κ3) is 3.10. The van der Waals surface area contributed by atoms with Gasteiger partial charge in [-0.25, -0.2) is 0 Å². The Kier molecular flexibility index (Phi) is 4.72. The van der Waals surface area contributed by atoms with Crippen LogP contribution in [-0.4, -0.2) is 32.6 Å². The maximum absolute atomic E-state index is 11.8. The van der Waals surface area contributed by atoms with Gasteiger partial charge in [-0.15, -0.1) is 0 Å². The summed E-state index contributed by atoms with van der Waals surface area (Å²) < 4.78 is 2.39.